The summed E-state index contributed by atoms with van der Waals surface area (Å²) in [5.41, 5.74) is 2.74. The molecule has 0 bridgehead atoms. The molecule has 0 radical (unpaired) electrons. The van der Waals surface area contributed by atoms with Crippen molar-refractivity contribution in [2.24, 2.45) is 0 Å². The van der Waals surface area contributed by atoms with Crippen LogP contribution in [0.3, 0.4) is 0 Å². The minimum Gasteiger partial charge on any atom is -0.480 e. The third-order valence-corrected chi connectivity index (χ3v) is 3.01. The molecule has 2 rings (SSSR count). The number of para-hydroxylation sites is 1. The Labute approximate surface area is 104 Å². The van der Waals surface area contributed by atoms with Gasteiger partial charge in [-0.2, -0.15) is 0 Å². The Morgan fingerprint density at radius 2 is 2.13 bits per heavy atom. The van der Waals surface area contributed by atoms with Crippen LogP contribution in [-0.4, -0.2) is 17.1 Å². The highest BCUT2D eigenvalue weighted by Gasteiger charge is 2.10. The van der Waals surface area contributed by atoms with E-state index in [9.17, 15) is 0 Å². The van der Waals surface area contributed by atoms with Gasteiger partial charge in [-0.05, 0) is 6.07 Å². The number of hydrogen-bond donors (Lipinski definition) is 0. The summed E-state index contributed by atoms with van der Waals surface area (Å²) in [5.74, 6) is 0.524. The Morgan fingerprint density at radius 1 is 1.33 bits per heavy atom. The smallest absolute Gasteiger partial charge is 0.232 e. The predicted molar refractivity (Wildman–Crippen MR) is 66.7 cm³/mol. The number of rotatable bonds is 2. The second kappa shape index (κ2) is 4.45. The van der Waals surface area contributed by atoms with Crippen molar-refractivity contribution in [2.75, 3.05) is 7.11 Å². The van der Waals surface area contributed by atoms with E-state index in [1.54, 1.807) is 13.3 Å². The third kappa shape index (κ3) is 2.13. The van der Waals surface area contributed by atoms with E-state index in [1.807, 2.05) is 18.2 Å². The standard InChI is InChI=1S/C10H8Br2N2O/c1-15-8-5-13-7-4-2-3-6(10(11)12)9(7)14-8/h2-5,10H,1H3. The molecule has 78 valence electrons. The van der Waals surface area contributed by atoms with Crippen LogP contribution in [0.1, 0.15) is 9.30 Å². The second-order valence-corrected chi connectivity index (χ2v) is 5.99. The lowest BCUT2D eigenvalue weighted by Crippen LogP contribution is -1.93. The first-order chi connectivity index (χ1) is 7.22. The summed E-state index contributed by atoms with van der Waals surface area (Å²) in [7, 11) is 1.58. The molecule has 0 fully saturated rings. The van der Waals surface area contributed by atoms with Gasteiger partial charge in [0.1, 0.15) is 0 Å². The molecule has 1 aromatic heterocycles. The highest BCUT2D eigenvalue weighted by atomic mass is 79.9. The fourth-order valence-corrected chi connectivity index (χ4v) is 2.05. The number of ether oxygens (including phenoxy) is 1. The van der Waals surface area contributed by atoms with Crippen LogP contribution >= 0.6 is 31.9 Å². The molecule has 2 aromatic rings. The van der Waals surface area contributed by atoms with Crippen molar-refractivity contribution < 1.29 is 4.74 Å². The van der Waals surface area contributed by atoms with Gasteiger partial charge in [-0.1, -0.05) is 44.0 Å². The van der Waals surface area contributed by atoms with Crippen molar-refractivity contribution in [1.29, 1.82) is 0 Å². The number of hydrogen-bond acceptors (Lipinski definition) is 3. The molecular formula is C10H8Br2N2O. The van der Waals surface area contributed by atoms with Crippen LogP contribution in [0.15, 0.2) is 24.4 Å². The lowest BCUT2D eigenvalue weighted by molar-refractivity contribution is 0.397. The fourth-order valence-electron chi connectivity index (χ4n) is 1.31. The molecular weight excluding hydrogens is 324 g/mol. The fraction of sp³-hybridized carbons (Fsp3) is 0.200. The Kier molecular flexibility index (Phi) is 3.21. The molecule has 0 unspecified atom stereocenters. The Hall–Kier alpha value is -0.680. The molecule has 0 aliphatic heterocycles. The summed E-state index contributed by atoms with van der Waals surface area (Å²) in [4.78, 5) is 8.64. The molecule has 0 aliphatic carbocycles. The lowest BCUT2D eigenvalue weighted by Gasteiger charge is -2.07. The SMILES string of the molecule is COc1cnc2cccc(C(Br)Br)c2n1. The van der Waals surface area contributed by atoms with E-state index in [2.05, 4.69) is 41.8 Å². The first-order valence-corrected chi connectivity index (χ1v) is 6.13. The van der Waals surface area contributed by atoms with Crippen LogP contribution in [-0.2, 0) is 0 Å². The normalized spacial score (nSPS) is 10.9. The number of nitrogens with zero attached hydrogens (tertiary/aromatic N) is 2. The summed E-state index contributed by atoms with van der Waals surface area (Å²) in [6.07, 6.45) is 1.61. The van der Waals surface area contributed by atoms with Crippen molar-refractivity contribution >= 4 is 42.9 Å². The first kappa shape index (κ1) is 10.8. The maximum Gasteiger partial charge on any atom is 0.232 e. The van der Waals surface area contributed by atoms with E-state index in [0.717, 1.165) is 16.6 Å². The van der Waals surface area contributed by atoms with Gasteiger partial charge >= 0.3 is 0 Å². The number of benzene rings is 1. The average molecular weight is 332 g/mol. The molecule has 0 amide bonds. The van der Waals surface area contributed by atoms with Crippen LogP contribution in [0.5, 0.6) is 5.88 Å². The van der Waals surface area contributed by atoms with Gasteiger partial charge in [0.05, 0.1) is 28.1 Å². The van der Waals surface area contributed by atoms with E-state index >= 15 is 0 Å². The van der Waals surface area contributed by atoms with Gasteiger partial charge in [0.2, 0.25) is 5.88 Å². The zero-order valence-corrected chi connectivity index (χ0v) is 11.1. The van der Waals surface area contributed by atoms with E-state index in [0.29, 0.717) is 5.88 Å². The topological polar surface area (TPSA) is 35.0 Å². The van der Waals surface area contributed by atoms with Crippen LogP contribution in [0, 0.1) is 0 Å². The summed E-state index contributed by atoms with van der Waals surface area (Å²) in [5, 5.41) is 0. The van der Waals surface area contributed by atoms with Crippen LogP contribution in [0.4, 0.5) is 0 Å². The van der Waals surface area contributed by atoms with E-state index in [4.69, 9.17) is 4.74 Å². The van der Waals surface area contributed by atoms with Gasteiger partial charge in [0, 0.05) is 5.56 Å². The van der Waals surface area contributed by atoms with E-state index < -0.39 is 0 Å². The minimum absolute atomic E-state index is 0.0649. The van der Waals surface area contributed by atoms with Crippen molar-refractivity contribution in [3.63, 3.8) is 0 Å². The molecule has 3 nitrogen and oxygen atoms in total. The number of methoxy groups -OCH3 is 1. The maximum atomic E-state index is 5.05. The Balaban J connectivity index is 2.70. The summed E-state index contributed by atoms with van der Waals surface area (Å²) < 4.78 is 5.12. The quantitative estimate of drug-likeness (QED) is 0.791. The van der Waals surface area contributed by atoms with Crippen LogP contribution in [0.25, 0.3) is 11.0 Å². The van der Waals surface area contributed by atoms with Gasteiger partial charge in [-0.15, -0.1) is 0 Å². The van der Waals surface area contributed by atoms with E-state index in [-0.39, 0.29) is 3.74 Å². The summed E-state index contributed by atoms with van der Waals surface area (Å²) in [6.45, 7) is 0. The minimum atomic E-state index is 0.0649. The number of alkyl halides is 2. The molecule has 0 atom stereocenters. The first-order valence-electron chi connectivity index (χ1n) is 4.30. The maximum absolute atomic E-state index is 5.05. The van der Waals surface area contributed by atoms with Crippen molar-refractivity contribution in [1.82, 2.24) is 9.97 Å². The van der Waals surface area contributed by atoms with Gasteiger partial charge in [0.15, 0.2) is 0 Å². The Bertz CT molecular complexity index is 488. The second-order valence-electron chi connectivity index (χ2n) is 2.93. The van der Waals surface area contributed by atoms with Gasteiger partial charge in [-0.3, -0.25) is 0 Å². The monoisotopic (exact) mass is 330 g/mol. The van der Waals surface area contributed by atoms with Crippen molar-refractivity contribution in [2.45, 2.75) is 3.74 Å². The van der Waals surface area contributed by atoms with Crippen molar-refractivity contribution in [3.05, 3.63) is 30.0 Å². The summed E-state index contributed by atoms with van der Waals surface area (Å²) >= 11 is 6.92. The van der Waals surface area contributed by atoms with Crippen molar-refractivity contribution in [3.8, 4) is 5.88 Å². The molecule has 0 N–H and O–H groups in total. The molecule has 0 saturated carbocycles. The number of aromatic nitrogens is 2. The molecule has 0 spiro atoms. The Morgan fingerprint density at radius 3 is 2.80 bits per heavy atom. The zero-order valence-electron chi connectivity index (χ0n) is 7.95. The molecule has 5 heteroatoms. The molecule has 1 heterocycles. The van der Waals surface area contributed by atoms with E-state index in [1.165, 1.54) is 0 Å². The van der Waals surface area contributed by atoms with Crippen LogP contribution in [0.2, 0.25) is 0 Å². The zero-order chi connectivity index (χ0) is 10.8. The molecule has 0 saturated heterocycles. The summed E-state index contributed by atoms with van der Waals surface area (Å²) in [6, 6.07) is 5.87. The number of halogens is 2. The number of fused-ring (bicyclic) bond motifs is 1. The molecule has 1 aromatic carbocycles. The van der Waals surface area contributed by atoms with Gasteiger partial charge < -0.3 is 4.74 Å². The van der Waals surface area contributed by atoms with Gasteiger partial charge in [0.25, 0.3) is 0 Å². The van der Waals surface area contributed by atoms with Crippen LogP contribution < -0.4 is 4.74 Å². The largest absolute Gasteiger partial charge is 0.480 e. The molecule has 15 heavy (non-hydrogen) atoms. The highest BCUT2D eigenvalue weighted by Crippen LogP contribution is 2.33. The average Bonchev–Trinajstić information content (AvgIpc) is 2.27. The lowest BCUT2D eigenvalue weighted by atomic mass is 10.2. The predicted octanol–water partition coefficient (Wildman–Crippen LogP) is 3.43. The third-order valence-electron chi connectivity index (χ3n) is 2.03. The highest BCUT2D eigenvalue weighted by molar-refractivity contribution is 9.24. The van der Waals surface area contributed by atoms with Gasteiger partial charge in [-0.25, -0.2) is 9.97 Å². The molecule has 0 aliphatic rings.